The van der Waals surface area contributed by atoms with Gasteiger partial charge in [0.25, 0.3) is 0 Å². The molecule has 0 aromatic heterocycles. The van der Waals surface area contributed by atoms with Crippen molar-refractivity contribution in [2.45, 2.75) is 44.3 Å². The van der Waals surface area contributed by atoms with Gasteiger partial charge < -0.3 is 0 Å². The Morgan fingerprint density at radius 2 is 2.18 bits per heavy atom. The van der Waals surface area contributed by atoms with Gasteiger partial charge in [0.2, 0.25) is 0 Å². The fourth-order valence-electron chi connectivity index (χ4n) is 2.30. The SMILES string of the molecule is Cc1ccccc1CCC(=O)C1CCCCS1. The third-order valence-corrected chi connectivity index (χ3v) is 4.87. The standard InChI is InChI=1S/C15H20OS/c1-12-6-2-3-7-13(12)9-10-14(16)15-8-4-5-11-17-15/h2-3,6-7,15H,4-5,8-11H2,1H3. The van der Waals surface area contributed by atoms with Gasteiger partial charge in [-0.25, -0.2) is 0 Å². The van der Waals surface area contributed by atoms with Crippen LogP contribution in [0.5, 0.6) is 0 Å². The van der Waals surface area contributed by atoms with E-state index in [4.69, 9.17) is 0 Å². The van der Waals surface area contributed by atoms with Gasteiger partial charge in [-0.15, -0.1) is 0 Å². The molecule has 1 nitrogen and oxygen atoms in total. The number of rotatable bonds is 4. The minimum Gasteiger partial charge on any atom is -0.298 e. The third kappa shape index (κ3) is 3.60. The Bertz CT molecular complexity index is 380. The summed E-state index contributed by atoms with van der Waals surface area (Å²) in [6.45, 7) is 2.12. The molecule has 0 radical (unpaired) electrons. The molecule has 0 amide bonds. The van der Waals surface area contributed by atoms with Crippen LogP contribution >= 0.6 is 11.8 Å². The molecule has 0 bridgehead atoms. The molecule has 1 aliphatic rings. The second-order valence-corrected chi connectivity index (χ2v) is 6.06. The highest BCUT2D eigenvalue weighted by Crippen LogP contribution is 2.27. The Labute approximate surface area is 108 Å². The number of thioether (sulfide) groups is 1. The molecular weight excluding hydrogens is 228 g/mol. The maximum atomic E-state index is 12.1. The number of Topliss-reactive ketones (excluding diaryl/α,β-unsaturated/α-hetero) is 1. The van der Waals surface area contributed by atoms with Gasteiger partial charge in [0.1, 0.15) is 5.78 Å². The Kier molecular flexibility index (Phi) is 4.66. The lowest BCUT2D eigenvalue weighted by atomic mass is 10.0. The van der Waals surface area contributed by atoms with Crippen molar-refractivity contribution >= 4 is 17.5 Å². The highest BCUT2D eigenvalue weighted by Gasteiger charge is 2.21. The second-order valence-electron chi connectivity index (χ2n) is 4.75. The quantitative estimate of drug-likeness (QED) is 0.806. The number of hydrogen-bond donors (Lipinski definition) is 0. The van der Waals surface area contributed by atoms with E-state index in [1.165, 1.54) is 29.7 Å². The van der Waals surface area contributed by atoms with Crippen LogP contribution in [0, 0.1) is 6.92 Å². The van der Waals surface area contributed by atoms with Crippen LogP contribution in [0.1, 0.15) is 36.8 Å². The number of carbonyl (C=O) groups excluding carboxylic acids is 1. The predicted octanol–water partition coefficient (Wildman–Crippen LogP) is 3.78. The summed E-state index contributed by atoms with van der Waals surface area (Å²) in [7, 11) is 0. The molecule has 1 saturated heterocycles. The normalized spacial score (nSPS) is 20.2. The first-order chi connectivity index (χ1) is 8.27. The summed E-state index contributed by atoms with van der Waals surface area (Å²) in [6, 6.07) is 8.37. The van der Waals surface area contributed by atoms with E-state index in [0.29, 0.717) is 12.2 Å². The lowest BCUT2D eigenvalue weighted by molar-refractivity contribution is -0.118. The van der Waals surface area contributed by atoms with Crippen molar-refractivity contribution < 1.29 is 4.79 Å². The van der Waals surface area contributed by atoms with Crippen LogP contribution in [0.3, 0.4) is 0 Å². The summed E-state index contributed by atoms with van der Waals surface area (Å²) in [6.07, 6.45) is 5.22. The van der Waals surface area contributed by atoms with Crippen LogP contribution in [0.25, 0.3) is 0 Å². The van der Waals surface area contributed by atoms with Gasteiger partial charge in [0.05, 0.1) is 5.25 Å². The Balaban J connectivity index is 1.85. The zero-order chi connectivity index (χ0) is 12.1. The van der Waals surface area contributed by atoms with Crippen molar-refractivity contribution in [1.29, 1.82) is 0 Å². The van der Waals surface area contributed by atoms with Crippen molar-refractivity contribution in [3.63, 3.8) is 0 Å². The first kappa shape index (κ1) is 12.7. The van der Waals surface area contributed by atoms with Crippen molar-refractivity contribution in [1.82, 2.24) is 0 Å². The van der Waals surface area contributed by atoms with Crippen molar-refractivity contribution in [3.8, 4) is 0 Å². The zero-order valence-electron chi connectivity index (χ0n) is 10.4. The number of ketones is 1. The Morgan fingerprint density at radius 1 is 1.35 bits per heavy atom. The average Bonchev–Trinajstić information content (AvgIpc) is 2.38. The van der Waals surface area contributed by atoms with E-state index in [-0.39, 0.29) is 5.25 Å². The summed E-state index contributed by atoms with van der Waals surface area (Å²) < 4.78 is 0. The topological polar surface area (TPSA) is 17.1 Å². The lowest BCUT2D eigenvalue weighted by Crippen LogP contribution is -2.21. The maximum Gasteiger partial charge on any atom is 0.146 e. The minimum atomic E-state index is 0.285. The molecule has 2 heteroatoms. The van der Waals surface area contributed by atoms with E-state index in [1.807, 2.05) is 11.8 Å². The molecule has 92 valence electrons. The van der Waals surface area contributed by atoms with Crippen LogP contribution in [-0.4, -0.2) is 16.8 Å². The first-order valence-electron chi connectivity index (χ1n) is 6.46. The Morgan fingerprint density at radius 3 is 2.88 bits per heavy atom. The van der Waals surface area contributed by atoms with Gasteiger partial charge in [-0.05, 0) is 43.1 Å². The van der Waals surface area contributed by atoms with Gasteiger partial charge in [-0.2, -0.15) is 11.8 Å². The molecule has 0 aliphatic carbocycles. The zero-order valence-corrected chi connectivity index (χ0v) is 11.3. The van der Waals surface area contributed by atoms with Crippen molar-refractivity contribution in [3.05, 3.63) is 35.4 Å². The lowest BCUT2D eigenvalue weighted by Gasteiger charge is -2.20. The average molecular weight is 248 g/mol. The number of hydrogen-bond acceptors (Lipinski definition) is 2. The summed E-state index contributed by atoms with van der Waals surface area (Å²) in [5, 5.41) is 0.285. The molecule has 1 atom stereocenters. The molecule has 1 aromatic carbocycles. The highest BCUT2D eigenvalue weighted by atomic mass is 32.2. The summed E-state index contributed by atoms with van der Waals surface area (Å²) in [5.41, 5.74) is 2.62. The molecule has 0 saturated carbocycles. The molecule has 0 N–H and O–H groups in total. The summed E-state index contributed by atoms with van der Waals surface area (Å²) in [4.78, 5) is 12.1. The van der Waals surface area contributed by atoms with Crippen molar-refractivity contribution in [2.75, 3.05) is 5.75 Å². The van der Waals surface area contributed by atoms with E-state index in [1.54, 1.807) is 0 Å². The first-order valence-corrected chi connectivity index (χ1v) is 7.51. The highest BCUT2D eigenvalue weighted by molar-refractivity contribution is 8.00. The molecule has 1 aromatic rings. The fourth-order valence-corrected chi connectivity index (χ4v) is 3.60. The molecule has 1 aliphatic heterocycles. The summed E-state index contributed by atoms with van der Waals surface area (Å²) in [5.74, 6) is 1.62. The molecule has 17 heavy (non-hydrogen) atoms. The van der Waals surface area contributed by atoms with Gasteiger partial charge in [0, 0.05) is 6.42 Å². The molecule has 2 rings (SSSR count). The fraction of sp³-hybridized carbons (Fsp3) is 0.533. The molecule has 0 spiro atoms. The van der Waals surface area contributed by atoms with Crippen LogP contribution in [0.4, 0.5) is 0 Å². The van der Waals surface area contributed by atoms with Crippen LogP contribution < -0.4 is 0 Å². The largest absolute Gasteiger partial charge is 0.298 e. The van der Waals surface area contributed by atoms with Gasteiger partial charge in [-0.1, -0.05) is 30.7 Å². The van der Waals surface area contributed by atoms with E-state index in [2.05, 4.69) is 31.2 Å². The predicted molar refractivity (Wildman–Crippen MR) is 74.6 cm³/mol. The van der Waals surface area contributed by atoms with E-state index in [9.17, 15) is 4.79 Å². The smallest absolute Gasteiger partial charge is 0.146 e. The summed E-state index contributed by atoms with van der Waals surface area (Å²) >= 11 is 1.86. The molecule has 1 unspecified atom stereocenters. The maximum absolute atomic E-state index is 12.1. The molecule has 1 fully saturated rings. The van der Waals surface area contributed by atoms with E-state index in [0.717, 1.165) is 12.8 Å². The number of aryl methyl sites for hydroxylation is 2. The second kappa shape index (κ2) is 6.25. The van der Waals surface area contributed by atoms with Gasteiger partial charge in [-0.3, -0.25) is 4.79 Å². The Hall–Kier alpha value is -0.760. The van der Waals surface area contributed by atoms with Crippen molar-refractivity contribution in [2.24, 2.45) is 0 Å². The van der Waals surface area contributed by atoms with Crippen LogP contribution in [0.15, 0.2) is 24.3 Å². The number of carbonyl (C=O) groups is 1. The molecular formula is C15H20OS. The van der Waals surface area contributed by atoms with Crippen LogP contribution in [-0.2, 0) is 11.2 Å². The monoisotopic (exact) mass is 248 g/mol. The molecule has 1 heterocycles. The number of benzene rings is 1. The van der Waals surface area contributed by atoms with Gasteiger partial charge in [0.15, 0.2) is 0 Å². The third-order valence-electron chi connectivity index (χ3n) is 3.44. The van der Waals surface area contributed by atoms with E-state index < -0.39 is 0 Å². The van der Waals surface area contributed by atoms with Gasteiger partial charge >= 0.3 is 0 Å². The van der Waals surface area contributed by atoms with Crippen LogP contribution in [0.2, 0.25) is 0 Å². The minimum absolute atomic E-state index is 0.285. The van der Waals surface area contributed by atoms with E-state index >= 15 is 0 Å².